The first-order valence-corrected chi connectivity index (χ1v) is 14.5. The maximum absolute atomic E-state index is 13.4. The number of hydrogen-bond donors (Lipinski definition) is 1. The minimum absolute atomic E-state index is 0.171. The van der Waals surface area contributed by atoms with Gasteiger partial charge in [0.05, 0.1) is 12.3 Å². The molecule has 0 bridgehead atoms. The van der Waals surface area contributed by atoms with Crippen molar-refractivity contribution in [2.45, 2.75) is 20.1 Å². The molecule has 1 saturated heterocycles. The van der Waals surface area contributed by atoms with Crippen LogP contribution in [0.1, 0.15) is 23.6 Å². The van der Waals surface area contributed by atoms with Crippen molar-refractivity contribution in [3.05, 3.63) is 123 Å². The van der Waals surface area contributed by atoms with E-state index in [1.54, 1.807) is 36.4 Å². The summed E-state index contributed by atoms with van der Waals surface area (Å²) in [5.41, 5.74) is 2.32. The third-order valence-electron chi connectivity index (χ3n) is 6.38. The lowest BCUT2D eigenvalue weighted by atomic mass is 10.1. The van der Waals surface area contributed by atoms with E-state index in [9.17, 15) is 14.4 Å². The van der Waals surface area contributed by atoms with Crippen molar-refractivity contribution in [2.24, 2.45) is 0 Å². The fraction of sp³-hybridized carbons (Fsp3) is 0.121. The number of benzene rings is 4. The first-order valence-electron chi connectivity index (χ1n) is 13.3. The van der Waals surface area contributed by atoms with E-state index >= 15 is 0 Å². The lowest BCUT2D eigenvalue weighted by Crippen LogP contribution is -2.54. The summed E-state index contributed by atoms with van der Waals surface area (Å²) in [7, 11) is 0. The Morgan fingerprint density at radius 1 is 0.791 bits per heavy atom. The van der Waals surface area contributed by atoms with Crippen molar-refractivity contribution in [3.8, 4) is 17.2 Å². The number of nitrogens with zero attached hydrogens (tertiary/aromatic N) is 1. The third kappa shape index (κ3) is 7.25. The molecule has 4 amide bonds. The molecule has 0 unspecified atom stereocenters. The summed E-state index contributed by atoms with van der Waals surface area (Å²) in [6, 6.07) is 26.0. The van der Waals surface area contributed by atoms with Crippen molar-refractivity contribution in [3.63, 3.8) is 0 Å². The normalized spacial score (nSPS) is 14.1. The van der Waals surface area contributed by atoms with E-state index in [0.29, 0.717) is 45.5 Å². The van der Waals surface area contributed by atoms with Crippen LogP contribution < -0.4 is 24.4 Å². The molecule has 0 atom stereocenters. The monoisotopic (exact) mass is 660 g/mol. The fourth-order valence-corrected chi connectivity index (χ4v) is 4.92. The largest absolute Gasteiger partial charge is 0.490 e. The molecule has 1 heterocycles. The van der Waals surface area contributed by atoms with E-state index < -0.39 is 17.8 Å². The van der Waals surface area contributed by atoms with Crippen molar-refractivity contribution < 1.29 is 28.6 Å². The summed E-state index contributed by atoms with van der Waals surface area (Å²) in [6.07, 6.45) is 1.40. The Morgan fingerprint density at radius 2 is 1.53 bits per heavy atom. The lowest BCUT2D eigenvalue weighted by Gasteiger charge is -2.26. The van der Waals surface area contributed by atoms with Gasteiger partial charge in [-0.3, -0.25) is 14.9 Å². The SMILES string of the molecule is CCOc1cc(COc2ccc(Br)cc2/C=C2\C(=O)NC(=O)N(c3cccc(Cl)c3)C2=O)ccc1OCc1ccccc1. The Kier molecular flexibility index (Phi) is 9.44. The minimum Gasteiger partial charge on any atom is -0.490 e. The number of imide groups is 2. The molecular formula is C33H26BrClN2O6. The van der Waals surface area contributed by atoms with Crippen LogP contribution in [0.25, 0.3) is 6.08 Å². The fourth-order valence-electron chi connectivity index (χ4n) is 4.35. The molecule has 1 aliphatic rings. The molecule has 1 aliphatic heterocycles. The minimum atomic E-state index is -0.860. The number of amides is 4. The molecular weight excluding hydrogens is 636 g/mol. The summed E-state index contributed by atoms with van der Waals surface area (Å²) in [6.45, 7) is 2.93. The molecule has 1 N–H and O–H groups in total. The molecule has 0 aromatic heterocycles. The molecule has 0 spiro atoms. The summed E-state index contributed by atoms with van der Waals surface area (Å²) in [5, 5.41) is 2.56. The van der Waals surface area contributed by atoms with Crippen LogP contribution >= 0.6 is 27.5 Å². The number of nitrogens with one attached hydrogen (secondary N) is 1. The molecule has 1 fully saturated rings. The molecule has 10 heteroatoms. The topological polar surface area (TPSA) is 94.2 Å². The molecule has 0 radical (unpaired) electrons. The summed E-state index contributed by atoms with van der Waals surface area (Å²) in [4.78, 5) is 39.6. The molecule has 4 aromatic carbocycles. The predicted octanol–water partition coefficient (Wildman–Crippen LogP) is 7.33. The number of hydrogen-bond acceptors (Lipinski definition) is 6. The highest BCUT2D eigenvalue weighted by molar-refractivity contribution is 9.10. The van der Waals surface area contributed by atoms with Crippen molar-refractivity contribution >= 4 is 57.1 Å². The zero-order chi connectivity index (χ0) is 30.3. The Labute approximate surface area is 261 Å². The second-order valence-electron chi connectivity index (χ2n) is 9.40. The van der Waals surface area contributed by atoms with Gasteiger partial charge in [-0.15, -0.1) is 0 Å². The Bertz CT molecular complexity index is 1710. The van der Waals surface area contributed by atoms with Gasteiger partial charge in [-0.2, -0.15) is 0 Å². The lowest BCUT2D eigenvalue weighted by molar-refractivity contribution is -0.122. The number of ether oxygens (including phenoxy) is 3. The average Bonchev–Trinajstić information content (AvgIpc) is 2.99. The van der Waals surface area contributed by atoms with E-state index in [1.807, 2.05) is 55.5 Å². The smallest absolute Gasteiger partial charge is 0.335 e. The molecule has 0 saturated carbocycles. The quantitative estimate of drug-likeness (QED) is 0.141. The van der Waals surface area contributed by atoms with E-state index in [2.05, 4.69) is 21.2 Å². The number of barbiturate groups is 1. The third-order valence-corrected chi connectivity index (χ3v) is 7.11. The maximum atomic E-state index is 13.4. The van der Waals surface area contributed by atoms with Crippen LogP contribution in [0, 0.1) is 0 Å². The number of carbonyl (C=O) groups is 3. The Morgan fingerprint density at radius 3 is 2.30 bits per heavy atom. The van der Waals surface area contributed by atoms with E-state index in [0.717, 1.165) is 16.0 Å². The number of rotatable bonds is 10. The number of carbonyl (C=O) groups excluding carboxylic acids is 3. The summed E-state index contributed by atoms with van der Waals surface area (Å²) < 4.78 is 18.7. The standard InChI is InChI=1S/C33H26BrClN2O6/c1-2-41-30-15-22(11-13-29(30)43-19-21-7-4-3-5-8-21)20-42-28-14-12-24(34)16-23(28)17-27-31(38)36-33(40)37(32(27)39)26-10-6-9-25(35)18-26/h3-18H,2,19-20H2,1H3,(H,36,38,40)/b27-17+. The van der Waals surface area contributed by atoms with E-state index in [4.69, 9.17) is 25.8 Å². The van der Waals surface area contributed by atoms with Gasteiger partial charge >= 0.3 is 6.03 Å². The van der Waals surface area contributed by atoms with Gasteiger partial charge < -0.3 is 14.2 Å². The van der Waals surface area contributed by atoms with Crippen LogP contribution in [0.3, 0.4) is 0 Å². The molecule has 5 rings (SSSR count). The maximum Gasteiger partial charge on any atom is 0.335 e. The van der Waals surface area contributed by atoms with Crippen molar-refractivity contribution in [1.82, 2.24) is 5.32 Å². The zero-order valence-electron chi connectivity index (χ0n) is 23.0. The van der Waals surface area contributed by atoms with Crippen molar-refractivity contribution in [1.29, 1.82) is 0 Å². The van der Waals surface area contributed by atoms with Gasteiger partial charge in [-0.1, -0.05) is 70.0 Å². The number of halogens is 2. The van der Waals surface area contributed by atoms with Gasteiger partial charge in [-0.05, 0) is 72.7 Å². The van der Waals surface area contributed by atoms with Crippen LogP contribution in [-0.4, -0.2) is 24.5 Å². The second kappa shape index (κ2) is 13.6. The first-order chi connectivity index (χ1) is 20.8. The molecule has 0 aliphatic carbocycles. The highest BCUT2D eigenvalue weighted by Gasteiger charge is 2.37. The first kappa shape index (κ1) is 29.9. The van der Waals surface area contributed by atoms with Gasteiger partial charge in [-0.25, -0.2) is 9.69 Å². The molecule has 218 valence electrons. The van der Waals surface area contributed by atoms with Crippen LogP contribution in [0.4, 0.5) is 10.5 Å². The van der Waals surface area contributed by atoms with Crippen LogP contribution in [0.2, 0.25) is 5.02 Å². The predicted molar refractivity (Wildman–Crippen MR) is 167 cm³/mol. The van der Waals surface area contributed by atoms with Crippen LogP contribution in [0.15, 0.2) is 101 Å². The van der Waals surface area contributed by atoms with Gasteiger partial charge in [0.25, 0.3) is 11.8 Å². The van der Waals surface area contributed by atoms with Gasteiger partial charge in [0.15, 0.2) is 11.5 Å². The molecule has 8 nitrogen and oxygen atoms in total. The molecule has 4 aromatic rings. The average molecular weight is 662 g/mol. The number of urea groups is 1. The van der Waals surface area contributed by atoms with Gasteiger partial charge in [0, 0.05) is 15.1 Å². The van der Waals surface area contributed by atoms with E-state index in [1.165, 1.54) is 12.1 Å². The van der Waals surface area contributed by atoms with Crippen molar-refractivity contribution in [2.75, 3.05) is 11.5 Å². The number of anilines is 1. The second-order valence-corrected chi connectivity index (χ2v) is 10.7. The highest BCUT2D eigenvalue weighted by atomic mass is 79.9. The molecule has 43 heavy (non-hydrogen) atoms. The van der Waals surface area contributed by atoms with E-state index in [-0.39, 0.29) is 17.9 Å². The Balaban J connectivity index is 1.37. The zero-order valence-corrected chi connectivity index (χ0v) is 25.4. The summed E-state index contributed by atoms with van der Waals surface area (Å²) in [5.74, 6) is 0.0305. The Hall–Kier alpha value is -4.60. The van der Waals surface area contributed by atoms with Gasteiger partial charge in [0.2, 0.25) is 0 Å². The van der Waals surface area contributed by atoms with Gasteiger partial charge in [0.1, 0.15) is 24.5 Å². The van der Waals surface area contributed by atoms with Crippen LogP contribution in [0.5, 0.6) is 17.2 Å². The highest BCUT2D eigenvalue weighted by Crippen LogP contribution is 2.32. The van der Waals surface area contributed by atoms with Crippen LogP contribution in [-0.2, 0) is 22.8 Å². The summed E-state index contributed by atoms with van der Waals surface area (Å²) >= 11 is 9.51.